The second-order valence-electron chi connectivity index (χ2n) is 6.96. The van der Waals surface area contributed by atoms with E-state index in [2.05, 4.69) is 15.2 Å². The summed E-state index contributed by atoms with van der Waals surface area (Å²) in [6, 6.07) is 6.55. The predicted molar refractivity (Wildman–Crippen MR) is 98.9 cm³/mol. The van der Waals surface area contributed by atoms with Crippen LogP contribution in [0, 0.1) is 29.1 Å². The van der Waals surface area contributed by atoms with Gasteiger partial charge in [0.15, 0.2) is 18.1 Å². The van der Waals surface area contributed by atoms with Crippen LogP contribution < -0.4 is 10.1 Å². The highest BCUT2D eigenvalue weighted by Gasteiger charge is 2.27. The quantitative estimate of drug-likeness (QED) is 0.349. The molecule has 0 fully saturated rings. The van der Waals surface area contributed by atoms with Crippen molar-refractivity contribution >= 4 is 11.6 Å². The first kappa shape index (κ1) is 20.8. The Morgan fingerprint density at radius 3 is 2.23 bits per heavy atom. The Kier molecular flexibility index (Phi) is 5.62. The van der Waals surface area contributed by atoms with E-state index in [0.717, 1.165) is 42.5 Å². The first-order valence-electron chi connectivity index (χ1n) is 9.38. The Morgan fingerprint density at radius 1 is 0.935 bits per heavy atom. The highest BCUT2D eigenvalue weighted by atomic mass is 19.2. The molecule has 1 amide bonds. The lowest BCUT2D eigenvalue weighted by Gasteiger charge is -2.11. The van der Waals surface area contributed by atoms with E-state index in [4.69, 9.17) is 4.52 Å². The topological polar surface area (TPSA) is 64.4 Å². The summed E-state index contributed by atoms with van der Waals surface area (Å²) in [6.07, 6.45) is 3.87. The zero-order valence-corrected chi connectivity index (χ0v) is 15.9. The van der Waals surface area contributed by atoms with Crippen LogP contribution in [0.3, 0.4) is 0 Å². The van der Waals surface area contributed by atoms with Crippen LogP contribution in [0.4, 0.5) is 27.6 Å². The van der Waals surface area contributed by atoms with Crippen LogP contribution >= 0.6 is 0 Å². The van der Waals surface area contributed by atoms with Gasteiger partial charge in [0, 0.05) is 16.8 Å². The minimum Gasteiger partial charge on any atom is -0.477 e. The van der Waals surface area contributed by atoms with Gasteiger partial charge in [0.1, 0.15) is 0 Å². The van der Waals surface area contributed by atoms with Crippen molar-refractivity contribution in [3.05, 3.63) is 64.6 Å². The molecule has 10 heteroatoms. The number of hydrogen-bond acceptors (Lipinski definition) is 4. The van der Waals surface area contributed by atoms with E-state index in [9.17, 15) is 26.7 Å². The molecule has 1 N–H and O–H groups in total. The van der Waals surface area contributed by atoms with Crippen molar-refractivity contribution in [3.8, 4) is 17.1 Å². The molecule has 0 bridgehead atoms. The lowest BCUT2D eigenvalue weighted by molar-refractivity contribution is -0.118. The third-order valence-corrected chi connectivity index (χ3v) is 4.91. The number of aromatic nitrogens is 1. The van der Waals surface area contributed by atoms with Gasteiger partial charge in [-0.15, -0.1) is 0 Å². The minimum atomic E-state index is -2.31. The summed E-state index contributed by atoms with van der Waals surface area (Å²) < 4.78 is 76.6. The smallest absolute Gasteiger partial charge is 0.262 e. The van der Waals surface area contributed by atoms with Gasteiger partial charge >= 0.3 is 0 Å². The zero-order chi connectivity index (χ0) is 22.1. The summed E-state index contributed by atoms with van der Waals surface area (Å²) in [6.45, 7) is -0.963. The van der Waals surface area contributed by atoms with E-state index >= 15 is 0 Å². The lowest BCUT2D eigenvalue weighted by atomic mass is 9.94. The lowest BCUT2D eigenvalue weighted by Crippen LogP contribution is -2.21. The van der Waals surface area contributed by atoms with Crippen LogP contribution in [-0.2, 0) is 17.6 Å². The van der Waals surface area contributed by atoms with Crippen LogP contribution in [0.1, 0.15) is 24.1 Å². The molecule has 5 nitrogen and oxygen atoms in total. The molecule has 1 aromatic heterocycles. The van der Waals surface area contributed by atoms with Crippen molar-refractivity contribution in [2.24, 2.45) is 0 Å². The third kappa shape index (κ3) is 3.97. The summed E-state index contributed by atoms with van der Waals surface area (Å²) in [7, 11) is 0. The molecule has 3 aromatic rings. The molecular weight excluding hydrogens is 423 g/mol. The number of nitrogens with one attached hydrogen (secondary N) is 1. The molecule has 1 aliphatic rings. The Bertz CT molecular complexity index is 1120. The number of carbonyl (C=O) groups excluding carboxylic acids is 1. The third-order valence-electron chi connectivity index (χ3n) is 4.91. The van der Waals surface area contributed by atoms with E-state index in [1.807, 2.05) is 0 Å². The highest BCUT2D eigenvalue weighted by molar-refractivity contribution is 5.92. The Morgan fingerprint density at radius 2 is 1.55 bits per heavy atom. The molecule has 1 aliphatic carbocycles. The van der Waals surface area contributed by atoms with Crippen molar-refractivity contribution in [1.82, 2.24) is 5.16 Å². The monoisotopic (exact) mass is 438 g/mol. The molecule has 0 radical (unpaired) electrons. The number of benzene rings is 2. The van der Waals surface area contributed by atoms with Gasteiger partial charge in [0.2, 0.25) is 29.1 Å². The molecule has 4 rings (SSSR count). The van der Waals surface area contributed by atoms with Gasteiger partial charge in [-0.2, -0.15) is 8.78 Å². The largest absolute Gasteiger partial charge is 0.477 e. The molecule has 31 heavy (non-hydrogen) atoms. The van der Waals surface area contributed by atoms with Gasteiger partial charge in [-0.05, 0) is 49.9 Å². The summed E-state index contributed by atoms with van der Waals surface area (Å²) in [4.78, 5) is 12.0. The fourth-order valence-electron chi connectivity index (χ4n) is 3.37. The van der Waals surface area contributed by atoms with Crippen LogP contribution in [0.25, 0.3) is 11.3 Å². The number of anilines is 1. The van der Waals surface area contributed by atoms with E-state index in [1.54, 1.807) is 24.3 Å². The summed E-state index contributed by atoms with van der Waals surface area (Å²) in [5, 5.41) is 6.50. The molecule has 0 unspecified atom stereocenters. The molecule has 0 saturated carbocycles. The number of aryl methyl sites for hydroxylation is 1. The first-order chi connectivity index (χ1) is 14.9. The Labute approximate surface area is 172 Å². The Balaban J connectivity index is 1.42. The van der Waals surface area contributed by atoms with Gasteiger partial charge in [0.05, 0.1) is 5.69 Å². The highest BCUT2D eigenvalue weighted by Crippen LogP contribution is 2.32. The number of carbonyl (C=O) groups is 1. The second kappa shape index (κ2) is 8.37. The number of nitrogens with zero attached hydrogens (tertiary/aromatic N) is 1. The number of fused-ring (bicyclic) bond motifs is 1. The maximum Gasteiger partial charge on any atom is 0.262 e. The van der Waals surface area contributed by atoms with Gasteiger partial charge in [-0.25, -0.2) is 13.2 Å². The number of rotatable bonds is 5. The molecule has 2 aromatic carbocycles. The van der Waals surface area contributed by atoms with Gasteiger partial charge in [0.25, 0.3) is 5.91 Å². The number of halogens is 5. The molecule has 0 atom stereocenters. The van der Waals surface area contributed by atoms with Crippen LogP contribution in [0.2, 0.25) is 0 Å². The first-order valence-corrected chi connectivity index (χ1v) is 9.38. The number of amides is 1. The van der Waals surface area contributed by atoms with E-state index in [-0.39, 0.29) is 0 Å². The summed E-state index contributed by atoms with van der Waals surface area (Å²) >= 11 is 0. The van der Waals surface area contributed by atoms with Crippen molar-refractivity contribution in [2.45, 2.75) is 25.7 Å². The Hall–Kier alpha value is -3.43. The van der Waals surface area contributed by atoms with E-state index < -0.39 is 47.3 Å². The van der Waals surface area contributed by atoms with Gasteiger partial charge < -0.3 is 14.6 Å². The molecule has 0 saturated heterocycles. The van der Waals surface area contributed by atoms with Crippen LogP contribution in [0.5, 0.6) is 5.75 Å². The fourth-order valence-corrected chi connectivity index (χ4v) is 3.37. The van der Waals surface area contributed by atoms with Crippen molar-refractivity contribution in [2.75, 3.05) is 11.9 Å². The molecule has 0 aliphatic heterocycles. The summed E-state index contributed by atoms with van der Waals surface area (Å²) in [5.74, 6) is -12.6. The van der Waals surface area contributed by atoms with Crippen molar-refractivity contribution < 1.29 is 36.0 Å². The predicted octanol–water partition coefficient (Wildman–Crippen LogP) is 4.93. The average molecular weight is 438 g/mol. The normalized spacial score (nSPS) is 13.1. The zero-order valence-electron chi connectivity index (χ0n) is 15.9. The summed E-state index contributed by atoms with van der Waals surface area (Å²) in [5.41, 5.74) is 3.12. The fraction of sp³-hybridized carbons (Fsp3) is 0.238. The molecule has 162 valence electrons. The number of hydrogen-bond donors (Lipinski definition) is 1. The number of ether oxygens (including phenoxy) is 1. The van der Waals surface area contributed by atoms with E-state index in [0.29, 0.717) is 11.4 Å². The maximum absolute atomic E-state index is 13.6. The van der Waals surface area contributed by atoms with Crippen LogP contribution in [0.15, 0.2) is 28.8 Å². The molecular formula is C21H15F5N2O3. The standard InChI is InChI=1S/C21H15F5N2O3/c22-15-16(23)18(25)21(19(26)17(15)24)30-9-14(29)27-11-7-5-10(6-8-11)20-12-3-1-2-4-13(12)28-31-20/h5-8H,1-4,9H2,(H,27,29). The average Bonchev–Trinajstić information content (AvgIpc) is 3.21. The SMILES string of the molecule is O=C(COc1c(F)c(F)c(F)c(F)c1F)Nc1ccc(-c2onc3c2CCCC3)cc1. The molecule has 0 spiro atoms. The molecule has 1 heterocycles. The van der Waals surface area contributed by atoms with Crippen LogP contribution in [-0.4, -0.2) is 17.7 Å². The van der Waals surface area contributed by atoms with E-state index in [1.165, 1.54) is 0 Å². The van der Waals surface area contributed by atoms with Crippen molar-refractivity contribution in [3.63, 3.8) is 0 Å². The van der Waals surface area contributed by atoms with Gasteiger partial charge in [-0.3, -0.25) is 4.79 Å². The maximum atomic E-state index is 13.6. The van der Waals surface area contributed by atoms with Gasteiger partial charge in [-0.1, -0.05) is 5.16 Å². The second-order valence-corrected chi connectivity index (χ2v) is 6.96. The van der Waals surface area contributed by atoms with Crippen molar-refractivity contribution in [1.29, 1.82) is 0 Å². The minimum absolute atomic E-state index is 0.336.